The summed E-state index contributed by atoms with van der Waals surface area (Å²) in [6, 6.07) is 6.90. The molecule has 2 heterocycles. The highest BCUT2D eigenvalue weighted by molar-refractivity contribution is 6.07. The van der Waals surface area contributed by atoms with E-state index in [-0.39, 0.29) is 42.8 Å². The molecule has 3 amide bonds. The van der Waals surface area contributed by atoms with E-state index in [1.54, 1.807) is 38.1 Å². The molecular weight excluding hydrogens is 362 g/mol. The van der Waals surface area contributed by atoms with E-state index in [9.17, 15) is 19.2 Å². The van der Waals surface area contributed by atoms with Crippen LogP contribution in [0.4, 0.5) is 5.69 Å². The number of aryl methyl sites for hydroxylation is 1. The van der Waals surface area contributed by atoms with Gasteiger partial charge in [0.15, 0.2) is 0 Å². The summed E-state index contributed by atoms with van der Waals surface area (Å²) in [5, 5.41) is 2.77. The number of nitrogens with one attached hydrogen (secondary N) is 2. The number of aromatic nitrogens is 1. The summed E-state index contributed by atoms with van der Waals surface area (Å²) in [5.41, 5.74) is 3.06. The average Bonchev–Trinajstić information content (AvgIpc) is 3.15. The first-order valence-corrected chi connectivity index (χ1v) is 8.82. The van der Waals surface area contributed by atoms with Crippen LogP contribution in [-0.4, -0.2) is 40.7 Å². The molecule has 1 aliphatic rings. The molecule has 0 radical (unpaired) electrons. The van der Waals surface area contributed by atoms with Gasteiger partial charge >= 0.3 is 5.97 Å². The highest BCUT2D eigenvalue weighted by Gasteiger charge is 2.28. The standard InChI is InChI=1S/C20H21N3O5/c1-11-17(20(27)28-3)12(2)21-18(11)19(26)22-14-6-4-13(5-7-14)10-23-15(24)8-9-16(23)25/h4-7,21H,8-10H2,1-3H3,(H,22,26). The molecular formula is C20H21N3O5. The fourth-order valence-electron chi connectivity index (χ4n) is 3.25. The lowest BCUT2D eigenvalue weighted by molar-refractivity contribution is -0.139. The van der Waals surface area contributed by atoms with Gasteiger partial charge in [-0.05, 0) is 37.1 Å². The molecule has 0 saturated carbocycles. The Hall–Kier alpha value is -3.42. The molecule has 8 nitrogen and oxygen atoms in total. The Labute approximate surface area is 161 Å². The van der Waals surface area contributed by atoms with Gasteiger partial charge in [-0.2, -0.15) is 0 Å². The minimum atomic E-state index is -0.499. The number of carbonyl (C=O) groups excluding carboxylic acids is 4. The van der Waals surface area contributed by atoms with Crippen LogP contribution in [-0.2, 0) is 20.9 Å². The van der Waals surface area contributed by atoms with Gasteiger partial charge in [-0.15, -0.1) is 0 Å². The second kappa shape index (κ2) is 7.67. The monoisotopic (exact) mass is 383 g/mol. The number of anilines is 1. The van der Waals surface area contributed by atoms with E-state index in [1.807, 2.05) is 0 Å². The van der Waals surface area contributed by atoms with Crippen LogP contribution in [0, 0.1) is 13.8 Å². The van der Waals surface area contributed by atoms with Crippen molar-refractivity contribution in [3.63, 3.8) is 0 Å². The van der Waals surface area contributed by atoms with Crippen molar-refractivity contribution in [2.45, 2.75) is 33.2 Å². The minimum Gasteiger partial charge on any atom is -0.465 e. The van der Waals surface area contributed by atoms with Crippen molar-refractivity contribution in [2.24, 2.45) is 0 Å². The summed E-state index contributed by atoms with van der Waals surface area (Å²) in [6.07, 6.45) is 0.519. The van der Waals surface area contributed by atoms with Gasteiger partial charge in [0.1, 0.15) is 5.69 Å². The van der Waals surface area contributed by atoms with E-state index >= 15 is 0 Å². The summed E-state index contributed by atoms with van der Waals surface area (Å²) in [4.78, 5) is 52.0. The van der Waals surface area contributed by atoms with E-state index in [4.69, 9.17) is 4.74 Å². The Bertz CT molecular complexity index is 943. The first kappa shape index (κ1) is 19.3. The second-order valence-electron chi connectivity index (χ2n) is 6.64. The van der Waals surface area contributed by atoms with E-state index < -0.39 is 5.97 Å². The molecule has 0 spiro atoms. The third kappa shape index (κ3) is 3.66. The minimum absolute atomic E-state index is 0.165. The molecule has 28 heavy (non-hydrogen) atoms. The van der Waals surface area contributed by atoms with Gasteiger partial charge in [-0.25, -0.2) is 4.79 Å². The molecule has 1 fully saturated rings. The Morgan fingerprint density at radius 1 is 1.11 bits per heavy atom. The van der Waals surface area contributed by atoms with Gasteiger partial charge < -0.3 is 15.0 Å². The summed E-state index contributed by atoms with van der Waals surface area (Å²) in [5.74, 6) is -1.21. The lowest BCUT2D eigenvalue weighted by Gasteiger charge is -2.14. The van der Waals surface area contributed by atoms with Crippen molar-refractivity contribution < 1.29 is 23.9 Å². The normalized spacial score (nSPS) is 13.8. The van der Waals surface area contributed by atoms with Crippen LogP contribution >= 0.6 is 0 Å². The van der Waals surface area contributed by atoms with Crippen molar-refractivity contribution in [1.29, 1.82) is 0 Å². The molecule has 1 aromatic carbocycles. The summed E-state index contributed by atoms with van der Waals surface area (Å²) >= 11 is 0. The number of nitrogens with zero attached hydrogens (tertiary/aromatic N) is 1. The lowest BCUT2D eigenvalue weighted by Crippen LogP contribution is -2.28. The van der Waals surface area contributed by atoms with Gasteiger partial charge in [-0.1, -0.05) is 12.1 Å². The number of esters is 1. The maximum absolute atomic E-state index is 12.6. The van der Waals surface area contributed by atoms with E-state index in [0.29, 0.717) is 22.5 Å². The summed E-state index contributed by atoms with van der Waals surface area (Å²) in [6.45, 7) is 3.60. The number of hydrogen-bond donors (Lipinski definition) is 2. The molecule has 0 atom stereocenters. The van der Waals surface area contributed by atoms with Gasteiger partial charge in [0.25, 0.3) is 5.91 Å². The molecule has 8 heteroatoms. The number of ether oxygens (including phenoxy) is 1. The Morgan fingerprint density at radius 3 is 2.29 bits per heavy atom. The number of rotatable bonds is 5. The predicted octanol–water partition coefficient (Wildman–Crippen LogP) is 2.32. The highest BCUT2D eigenvalue weighted by atomic mass is 16.5. The van der Waals surface area contributed by atoms with Crippen LogP contribution < -0.4 is 5.32 Å². The maximum Gasteiger partial charge on any atom is 0.339 e. The molecule has 0 unspecified atom stereocenters. The number of methoxy groups -OCH3 is 1. The van der Waals surface area contributed by atoms with Crippen molar-refractivity contribution in [3.05, 3.63) is 52.3 Å². The van der Waals surface area contributed by atoms with Gasteiger partial charge in [0.05, 0.1) is 19.2 Å². The zero-order valence-electron chi connectivity index (χ0n) is 15.9. The first-order valence-electron chi connectivity index (χ1n) is 8.82. The number of hydrogen-bond acceptors (Lipinski definition) is 5. The predicted molar refractivity (Wildman–Crippen MR) is 101 cm³/mol. The highest BCUT2D eigenvalue weighted by Crippen LogP contribution is 2.21. The van der Waals surface area contributed by atoms with Crippen molar-refractivity contribution in [2.75, 3.05) is 12.4 Å². The van der Waals surface area contributed by atoms with Crippen molar-refractivity contribution >= 4 is 29.4 Å². The molecule has 1 aliphatic heterocycles. The Kier molecular flexibility index (Phi) is 5.30. The maximum atomic E-state index is 12.6. The number of aromatic amines is 1. The van der Waals surface area contributed by atoms with Crippen LogP contribution in [0.2, 0.25) is 0 Å². The molecule has 0 aliphatic carbocycles. The number of amides is 3. The number of carbonyl (C=O) groups is 4. The van der Waals surface area contributed by atoms with Crippen molar-refractivity contribution in [3.8, 4) is 0 Å². The van der Waals surface area contributed by atoms with Gasteiger partial charge in [-0.3, -0.25) is 19.3 Å². The van der Waals surface area contributed by atoms with E-state index in [0.717, 1.165) is 5.56 Å². The van der Waals surface area contributed by atoms with E-state index in [1.165, 1.54) is 12.0 Å². The van der Waals surface area contributed by atoms with Crippen LogP contribution in [0.1, 0.15) is 50.5 Å². The first-order chi connectivity index (χ1) is 13.3. The smallest absolute Gasteiger partial charge is 0.339 e. The largest absolute Gasteiger partial charge is 0.465 e. The number of benzene rings is 1. The van der Waals surface area contributed by atoms with Gasteiger partial charge in [0.2, 0.25) is 11.8 Å². The fourth-order valence-corrected chi connectivity index (χ4v) is 3.25. The topological polar surface area (TPSA) is 109 Å². The number of H-pyrrole nitrogens is 1. The Morgan fingerprint density at radius 2 is 1.71 bits per heavy atom. The number of imide groups is 1. The van der Waals surface area contributed by atoms with Crippen LogP contribution in [0.15, 0.2) is 24.3 Å². The molecule has 1 aromatic heterocycles. The molecule has 146 valence electrons. The molecule has 1 saturated heterocycles. The molecule has 2 N–H and O–H groups in total. The zero-order chi connectivity index (χ0) is 20.4. The summed E-state index contributed by atoms with van der Waals surface area (Å²) in [7, 11) is 1.29. The molecule has 2 aromatic rings. The quantitative estimate of drug-likeness (QED) is 0.608. The summed E-state index contributed by atoms with van der Waals surface area (Å²) < 4.78 is 4.75. The second-order valence-corrected chi connectivity index (χ2v) is 6.64. The molecule has 3 rings (SSSR count). The lowest BCUT2D eigenvalue weighted by atomic mass is 10.1. The Balaban J connectivity index is 1.71. The van der Waals surface area contributed by atoms with Crippen LogP contribution in [0.5, 0.6) is 0 Å². The average molecular weight is 383 g/mol. The molecule has 0 bridgehead atoms. The number of likely N-dealkylation sites (tertiary alicyclic amines) is 1. The fraction of sp³-hybridized carbons (Fsp3) is 0.300. The van der Waals surface area contributed by atoms with Crippen LogP contribution in [0.3, 0.4) is 0 Å². The third-order valence-electron chi connectivity index (χ3n) is 4.76. The zero-order valence-corrected chi connectivity index (χ0v) is 15.9. The SMILES string of the molecule is COC(=O)c1c(C)[nH]c(C(=O)Nc2ccc(CN3C(=O)CCC3=O)cc2)c1C. The van der Waals surface area contributed by atoms with Gasteiger partial charge in [0, 0.05) is 24.2 Å². The van der Waals surface area contributed by atoms with Crippen molar-refractivity contribution in [1.82, 2.24) is 9.88 Å². The third-order valence-corrected chi connectivity index (χ3v) is 4.76. The van der Waals surface area contributed by atoms with Crippen LogP contribution in [0.25, 0.3) is 0 Å². The van der Waals surface area contributed by atoms with E-state index in [2.05, 4.69) is 10.3 Å².